The molecule has 0 radical (unpaired) electrons. The molecule has 0 aromatic heterocycles. The summed E-state index contributed by atoms with van der Waals surface area (Å²) in [5.41, 5.74) is 1.83. The van der Waals surface area contributed by atoms with Gasteiger partial charge in [-0.3, -0.25) is 4.79 Å². The van der Waals surface area contributed by atoms with Gasteiger partial charge in [-0.1, -0.05) is 17.7 Å². The zero-order valence-corrected chi connectivity index (χ0v) is 17.3. The number of benzene rings is 2. The smallest absolute Gasteiger partial charge is 0.406 e. The quantitative estimate of drug-likeness (QED) is 0.729. The zero-order valence-electron chi connectivity index (χ0n) is 16.4. The topological polar surface area (TPSA) is 66.9 Å². The summed E-state index contributed by atoms with van der Waals surface area (Å²) in [7, 11) is -3.67. The number of amides is 1. The molecule has 1 fully saturated rings. The largest absolute Gasteiger partial charge is 0.573 e. The van der Waals surface area contributed by atoms with Crippen LogP contribution in [-0.2, 0) is 10.0 Å². The molecule has 0 aliphatic carbocycles. The van der Waals surface area contributed by atoms with Crippen molar-refractivity contribution < 1.29 is 31.1 Å². The number of halogens is 3. The predicted octanol–water partition coefficient (Wildman–Crippen LogP) is 3.35. The van der Waals surface area contributed by atoms with Gasteiger partial charge >= 0.3 is 6.36 Å². The second kappa shape index (κ2) is 8.27. The Morgan fingerprint density at radius 3 is 2.10 bits per heavy atom. The third kappa shape index (κ3) is 4.93. The summed E-state index contributed by atoms with van der Waals surface area (Å²) in [4.78, 5) is 14.3. The fraction of sp³-hybridized carbons (Fsp3) is 0.350. The van der Waals surface area contributed by atoms with Crippen molar-refractivity contribution in [1.29, 1.82) is 0 Å². The number of sulfonamides is 1. The van der Waals surface area contributed by atoms with E-state index in [9.17, 15) is 26.4 Å². The highest BCUT2D eigenvalue weighted by atomic mass is 32.2. The number of alkyl halides is 3. The van der Waals surface area contributed by atoms with Crippen LogP contribution in [0.5, 0.6) is 5.75 Å². The van der Waals surface area contributed by atoms with Gasteiger partial charge in [-0.2, -0.15) is 4.31 Å². The van der Waals surface area contributed by atoms with Gasteiger partial charge in [0.15, 0.2) is 0 Å². The Morgan fingerprint density at radius 2 is 1.57 bits per heavy atom. The molecule has 0 bridgehead atoms. The van der Waals surface area contributed by atoms with Crippen LogP contribution in [0.3, 0.4) is 0 Å². The molecule has 0 saturated carbocycles. The summed E-state index contributed by atoms with van der Waals surface area (Å²) >= 11 is 0. The van der Waals surface area contributed by atoms with Crippen molar-refractivity contribution in [2.75, 3.05) is 26.2 Å². The maximum atomic E-state index is 12.9. The first-order valence-corrected chi connectivity index (χ1v) is 10.6. The monoisotopic (exact) mass is 442 g/mol. The number of aryl methyl sites for hydroxylation is 2. The molecule has 1 amide bonds. The first-order valence-electron chi connectivity index (χ1n) is 9.20. The van der Waals surface area contributed by atoms with Gasteiger partial charge in [-0.25, -0.2) is 8.42 Å². The lowest BCUT2D eigenvalue weighted by molar-refractivity contribution is -0.274. The third-order valence-corrected chi connectivity index (χ3v) is 6.87. The van der Waals surface area contributed by atoms with E-state index in [0.717, 1.165) is 17.7 Å². The average Bonchev–Trinajstić information content (AvgIpc) is 2.66. The van der Waals surface area contributed by atoms with Crippen LogP contribution in [0.15, 0.2) is 47.4 Å². The Hall–Kier alpha value is -2.59. The maximum absolute atomic E-state index is 12.9. The number of hydrogen-bond donors (Lipinski definition) is 0. The molecule has 162 valence electrons. The van der Waals surface area contributed by atoms with Crippen LogP contribution in [-0.4, -0.2) is 56.1 Å². The lowest BCUT2D eigenvalue weighted by atomic mass is 10.2. The molecule has 1 heterocycles. The highest BCUT2D eigenvalue weighted by Crippen LogP contribution is 2.24. The first kappa shape index (κ1) is 22.1. The Kier molecular flexibility index (Phi) is 6.09. The van der Waals surface area contributed by atoms with Crippen LogP contribution < -0.4 is 4.74 Å². The first-order chi connectivity index (χ1) is 14.0. The lowest BCUT2D eigenvalue weighted by Crippen LogP contribution is -2.50. The van der Waals surface area contributed by atoms with Crippen LogP contribution in [0.1, 0.15) is 21.5 Å². The van der Waals surface area contributed by atoms with Gasteiger partial charge in [0.05, 0.1) is 4.90 Å². The molecule has 6 nitrogen and oxygen atoms in total. The Morgan fingerprint density at radius 1 is 0.967 bits per heavy atom. The molecular weight excluding hydrogens is 421 g/mol. The summed E-state index contributed by atoms with van der Waals surface area (Å²) in [5, 5.41) is 0. The molecule has 3 rings (SSSR count). The molecular formula is C20H21F3N2O4S. The standard InChI is InChI=1S/C20H21F3N2O4S/c1-14-3-8-18(15(2)13-14)30(27,28)25-11-9-24(10-12-25)19(26)16-4-6-17(7-5-16)29-20(21,22)23/h3-8,13H,9-12H2,1-2H3. The van der Waals surface area contributed by atoms with E-state index in [0.29, 0.717) is 5.56 Å². The summed E-state index contributed by atoms with van der Waals surface area (Å²) in [6, 6.07) is 9.78. The summed E-state index contributed by atoms with van der Waals surface area (Å²) in [5.74, 6) is -0.791. The highest BCUT2D eigenvalue weighted by molar-refractivity contribution is 7.89. The van der Waals surface area contributed by atoms with Gasteiger partial charge < -0.3 is 9.64 Å². The van der Waals surface area contributed by atoms with Crippen molar-refractivity contribution in [3.05, 3.63) is 59.2 Å². The van der Waals surface area contributed by atoms with E-state index >= 15 is 0 Å². The van der Waals surface area contributed by atoms with E-state index in [1.807, 2.05) is 6.92 Å². The Bertz CT molecular complexity index is 1030. The molecule has 0 unspecified atom stereocenters. The normalized spacial score (nSPS) is 15.8. The van der Waals surface area contributed by atoms with Gasteiger partial charge in [0.2, 0.25) is 10.0 Å². The highest BCUT2D eigenvalue weighted by Gasteiger charge is 2.32. The van der Waals surface area contributed by atoms with E-state index in [1.165, 1.54) is 21.3 Å². The fourth-order valence-electron chi connectivity index (χ4n) is 3.34. The van der Waals surface area contributed by atoms with E-state index in [-0.39, 0.29) is 42.5 Å². The molecule has 10 heteroatoms. The second-order valence-electron chi connectivity index (χ2n) is 7.04. The summed E-state index contributed by atoms with van der Waals surface area (Å²) in [6.45, 7) is 4.27. The third-order valence-electron chi connectivity index (χ3n) is 4.81. The molecule has 30 heavy (non-hydrogen) atoms. The number of carbonyl (C=O) groups is 1. The number of piperazine rings is 1. The average molecular weight is 442 g/mol. The van der Waals surface area contributed by atoms with Gasteiger partial charge in [0.25, 0.3) is 5.91 Å². The van der Waals surface area contributed by atoms with Crippen LogP contribution in [0.4, 0.5) is 13.2 Å². The molecule has 0 spiro atoms. The van der Waals surface area contributed by atoms with E-state index in [2.05, 4.69) is 4.74 Å². The van der Waals surface area contributed by atoms with Crippen LogP contribution in [0.2, 0.25) is 0 Å². The maximum Gasteiger partial charge on any atom is 0.573 e. The van der Waals surface area contributed by atoms with Crippen molar-refractivity contribution in [2.45, 2.75) is 25.1 Å². The van der Waals surface area contributed by atoms with Gasteiger partial charge in [0.1, 0.15) is 5.75 Å². The molecule has 2 aromatic rings. The summed E-state index contributed by atoms with van der Waals surface area (Å²) < 4.78 is 67.7. The zero-order chi connectivity index (χ0) is 22.1. The van der Waals surface area contributed by atoms with E-state index in [1.54, 1.807) is 25.1 Å². The number of hydrogen-bond acceptors (Lipinski definition) is 4. The molecule has 0 N–H and O–H groups in total. The minimum atomic E-state index is -4.80. The molecule has 1 aliphatic rings. The fourth-order valence-corrected chi connectivity index (χ4v) is 4.97. The number of ether oxygens (including phenoxy) is 1. The van der Waals surface area contributed by atoms with Crippen LogP contribution in [0.25, 0.3) is 0 Å². The summed E-state index contributed by atoms with van der Waals surface area (Å²) in [6.07, 6.45) is -4.80. The lowest BCUT2D eigenvalue weighted by Gasteiger charge is -2.34. The van der Waals surface area contributed by atoms with Crippen LogP contribution in [0, 0.1) is 13.8 Å². The van der Waals surface area contributed by atoms with Crippen molar-refractivity contribution in [3.63, 3.8) is 0 Å². The Labute approximate surface area is 172 Å². The van der Waals surface area contributed by atoms with Gasteiger partial charge in [-0.05, 0) is 49.7 Å². The molecule has 1 aliphatic heterocycles. The van der Waals surface area contributed by atoms with Gasteiger partial charge in [0, 0.05) is 31.7 Å². The van der Waals surface area contributed by atoms with E-state index < -0.39 is 22.1 Å². The van der Waals surface area contributed by atoms with Crippen LogP contribution >= 0.6 is 0 Å². The van der Waals surface area contributed by atoms with Crippen molar-refractivity contribution in [3.8, 4) is 5.75 Å². The minimum absolute atomic E-state index is 0.136. The number of rotatable bonds is 4. The number of nitrogens with zero attached hydrogens (tertiary/aromatic N) is 2. The molecule has 2 aromatic carbocycles. The predicted molar refractivity (Wildman–Crippen MR) is 104 cm³/mol. The van der Waals surface area contributed by atoms with E-state index in [4.69, 9.17) is 0 Å². The SMILES string of the molecule is Cc1ccc(S(=O)(=O)N2CCN(C(=O)c3ccc(OC(F)(F)F)cc3)CC2)c(C)c1. The Balaban J connectivity index is 1.65. The van der Waals surface area contributed by atoms with Crippen molar-refractivity contribution in [1.82, 2.24) is 9.21 Å². The minimum Gasteiger partial charge on any atom is -0.406 e. The number of carbonyl (C=O) groups excluding carboxylic acids is 1. The molecule has 1 saturated heterocycles. The van der Waals surface area contributed by atoms with Crippen molar-refractivity contribution in [2.24, 2.45) is 0 Å². The molecule has 0 atom stereocenters. The second-order valence-corrected chi connectivity index (χ2v) is 8.94. The van der Waals surface area contributed by atoms with Gasteiger partial charge in [-0.15, -0.1) is 13.2 Å². The van der Waals surface area contributed by atoms with Crippen molar-refractivity contribution >= 4 is 15.9 Å².